The number of halogens is 2. The second-order valence-electron chi connectivity index (χ2n) is 8.07. The van der Waals surface area contributed by atoms with Crippen molar-refractivity contribution in [1.29, 1.82) is 0 Å². The van der Waals surface area contributed by atoms with Crippen molar-refractivity contribution in [1.82, 2.24) is 14.5 Å². The molecule has 0 radical (unpaired) electrons. The zero-order valence-corrected chi connectivity index (χ0v) is 22.1. The Morgan fingerprint density at radius 2 is 1.62 bits per heavy atom. The Morgan fingerprint density at radius 1 is 1.00 bits per heavy atom. The summed E-state index contributed by atoms with van der Waals surface area (Å²) in [5, 5.41) is 3.78. The lowest BCUT2D eigenvalue weighted by atomic mass is 10.1. The van der Waals surface area contributed by atoms with E-state index in [1.54, 1.807) is 24.3 Å². The normalized spacial score (nSPS) is 13.4. The van der Waals surface area contributed by atoms with E-state index in [0.29, 0.717) is 22.0 Å². The van der Waals surface area contributed by atoms with Crippen LogP contribution >= 0.6 is 23.2 Å². The summed E-state index contributed by atoms with van der Waals surface area (Å²) in [7, 11) is -2.61. The average molecular weight is 529 g/mol. The molecular weight excluding hydrogens is 497 g/mol. The molecule has 0 spiro atoms. The summed E-state index contributed by atoms with van der Waals surface area (Å²) in [6.45, 7) is 5.27. The van der Waals surface area contributed by atoms with E-state index in [1.807, 2.05) is 20.8 Å². The minimum atomic E-state index is -3.94. The number of benzene rings is 2. The number of rotatable bonds is 11. The molecule has 2 amide bonds. The number of hydrogen-bond acceptors (Lipinski definition) is 4. The number of likely N-dealkylation sites (N-methyl/N-ethyl adjacent to an activating group) is 1. The van der Waals surface area contributed by atoms with Crippen LogP contribution in [0.3, 0.4) is 0 Å². The van der Waals surface area contributed by atoms with Gasteiger partial charge in [-0.15, -0.1) is 0 Å². The highest BCUT2D eigenvalue weighted by molar-refractivity contribution is 7.89. The van der Waals surface area contributed by atoms with Crippen LogP contribution in [0.5, 0.6) is 0 Å². The van der Waals surface area contributed by atoms with E-state index >= 15 is 0 Å². The highest BCUT2D eigenvalue weighted by Crippen LogP contribution is 2.21. The maximum absolute atomic E-state index is 13.4. The van der Waals surface area contributed by atoms with Crippen molar-refractivity contribution in [3.8, 4) is 0 Å². The second-order valence-corrected chi connectivity index (χ2v) is 11.0. The molecule has 0 aliphatic carbocycles. The Balaban J connectivity index is 2.34. The molecule has 0 saturated heterocycles. The molecule has 0 aliphatic heterocycles. The van der Waals surface area contributed by atoms with Crippen LogP contribution < -0.4 is 5.32 Å². The number of nitrogens with one attached hydrogen (secondary N) is 1. The summed E-state index contributed by atoms with van der Waals surface area (Å²) in [6.07, 6.45) is 1.09. The van der Waals surface area contributed by atoms with E-state index in [2.05, 4.69) is 5.32 Å². The van der Waals surface area contributed by atoms with Crippen LogP contribution in [-0.2, 0) is 26.2 Å². The smallest absolute Gasteiger partial charge is 0.243 e. The largest absolute Gasteiger partial charge is 0.352 e. The highest BCUT2D eigenvalue weighted by Gasteiger charge is 2.32. The van der Waals surface area contributed by atoms with E-state index in [-0.39, 0.29) is 23.4 Å². The van der Waals surface area contributed by atoms with Gasteiger partial charge in [0.1, 0.15) is 6.04 Å². The van der Waals surface area contributed by atoms with Gasteiger partial charge in [-0.1, -0.05) is 55.2 Å². The van der Waals surface area contributed by atoms with Crippen molar-refractivity contribution in [3.63, 3.8) is 0 Å². The molecule has 2 aromatic rings. The summed E-state index contributed by atoms with van der Waals surface area (Å²) >= 11 is 12.2. The van der Waals surface area contributed by atoms with Crippen LogP contribution in [0.25, 0.3) is 0 Å². The molecule has 34 heavy (non-hydrogen) atoms. The molecule has 2 aromatic carbocycles. The average Bonchev–Trinajstić information content (AvgIpc) is 2.80. The fourth-order valence-corrected chi connectivity index (χ4v) is 4.77. The van der Waals surface area contributed by atoms with E-state index in [0.717, 1.165) is 10.7 Å². The molecular formula is C24H31Cl2N3O4S. The summed E-state index contributed by atoms with van der Waals surface area (Å²) in [6, 6.07) is 11.9. The summed E-state index contributed by atoms with van der Waals surface area (Å²) < 4.78 is 26.9. The zero-order chi connectivity index (χ0) is 25.5. The van der Waals surface area contributed by atoms with Crippen LogP contribution in [0.15, 0.2) is 53.4 Å². The topological polar surface area (TPSA) is 86.8 Å². The first-order valence-corrected chi connectivity index (χ1v) is 13.3. The molecule has 0 bridgehead atoms. The number of sulfonamides is 1. The molecule has 2 rings (SSSR count). The number of amides is 2. The zero-order valence-electron chi connectivity index (χ0n) is 19.8. The van der Waals surface area contributed by atoms with Gasteiger partial charge in [0.25, 0.3) is 0 Å². The van der Waals surface area contributed by atoms with Gasteiger partial charge in [-0.05, 0) is 55.7 Å². The molecule has 0 heterocycles. The molecule has 0 unspecified atom stereocenters. The maximum Gasteiger partial charge on any atom is 0.243 e. The first-order chi connectivity index (χ1) is 16.0. The van der Waals surface area contributed by atoms with Crippen LogP contribution in [0.1, 0.15) is 39.2 Å². The summed E-state index contributed by atoms with van der Waals surface area (Å²) in [5.74, 6) is -0.799. The third-order valence-electron chi connectivity index (χ3n) is 5.57. The number of nitrogens with zero attached hydrogens (tertiary/aromatic N) is 2. The predicted octanol–water partition coefficient (Wildman–Crippen LogP) is 4.34. The van der Waals surface area contributed by atoms with Crippen LogP contribution in [0.4, 0.5) is 0 Å². The van der Waals surface area contributed by atoms with Crippen LogP contribution in [-0.4, -0.2) is 55.1 Å². The molecule has 0 fully saturated rings. The minimum Gasteiger partial charge on any atom is -0.352 e. The molecule has 2 atom stereocenters. The van der Waals surface area contributed by atoms with Crippen LogP contribution in [0.2, 0.25) is 10.0 Å². The van der Waals surface area contributed by atoms with Gasteiger partial charge in [-0.3, -0.25) is 9.59 Å². The Morgan fingerprint density at radius 3 is 2.18 bits per heavy atom. The maximum atomic E-state index is 13.4. The molecule has 0 saturated carbocycles. The van der Waals surface area contributed by atoms with E-state index in [4.69, 9.17) is 23.2 Å². The van der Waals surface area contributed by atoms with Crippen molar-refractivity contribution in [2.45, 2.75) is 57.1 Å². The molecule has 1 N–H and O–H groups in total. The number of carbonyl (C=O) groups excluding carboxylic acids is 2. The van der Waals surface area contributed by atoms with Crippen molar-refractivity contribution in [3.05, 3.63) is 64.1 Å². The Labute approximate surface area is 212 Å². The lowest BCUT2D eigenvalue weighted by Gasteiger charge is -2.32. The SMILES string of the molecule is CC[C@@H](C)NC(=O)[C@H](CC)N(Cc1ccccc1Cl)C(=O)CN(C)S(=O)(=O)c1ccc(Cl)cc1. The third kappa shape index (κ3) is 7.18. The van der Waals surface area contributed by atoms with Crippen molar-refractivity contribution in [2.24, 2.45) is 0 Å². The van der Waals surface area contributed by atoms with E-state index < -0.39 is 28.5 Å². The van der Waals surface area contributed by atoms with E-state index in [9.17, 15) is 18.0 Å². The Bertz CT molecular complexity index is 1090. The number of carbonyl (C=O) groups is 2. The van der Waals surface area contributed by atoms with Crippen molar-refractivity contribution >= 4 is 45.0 Å². The quantitative estimate of drug-likeness (QED) is 0.470. The molecule has 7 nitrogen and oxygen atoms in total. The fourth-order valence-electron chi connectivity index (χ4n) is 3.32. The Kier molecular flexibility index (Phi) is 10.4. The second kappa shape index (κ2) is 12.5. The van der Waals surface area contributed by atoms with Crippen molar-refractivity contribution < 1.29 is 18.0 Å². The molecule has 0 aromatic heterocycles. The first-order valence-electron chi connectivity index (χ1n) is 11.1. The van der Waals surface area contributed by atoms with Crippen LogP contribution in [0, 0.1) is 0 Å². The summed E-state index contributed by atoms with van der Waals surface area (Å²) in [4.78, 5) is 27.9. The fraction of sp³-hybridized carbons (Fsp3) is 0.417. The minimum absolute atomic E-state index is 0.0198. The van der Waals surface area contributed by atoms with Gasteiger partial charge >= 0.3 is 0 Å². The third-order valence-corrected chi connectivity index (χ3v) is 8.00. The molecule has 0 aliphatic rings. The van der Waals surface area contributed by atoms with Gasteiger partial charge < -0.3 is 10.2 Å². The molecule has 10 heteroatoms. The highest BCUT2D eigenvalue weighted by atomic mass is 35.5. The Hall–Kier alpha value is -2.13. The van der Waals surface area contributed by atoms with Crippen molar-refractivity contribution in [2.75, 3.05) is 13.6 Å². The van der Waals surface area contributed by atoms with Gasteiger partial charge in [0.2, 0.25) is 21.8 Å². The lowest BCUT2D eigenvalue weighted by molar-refractivity contribution is -0.141. The summed E-state index contributed by atoms with van der Waals surface area (Å²) in [5.41, 5.74) is 0.663. The van der Waals surface area contributed by atoms with Gasteiger partial charge in [-0.25, -0.2) is 8.42 Å². The van der Waals surface area contributed by atoms with Gasteiger partial charge in [-0.2, -0.15) is 4.31 Å². The standard InChI is InChI=1S/C24H31Cl2N3O4S/c1-5-17(3)27-24(31)22(6-2)29(15-18-9-7-8-10-21(18)26)23(30)16-28(4)34(32,33)20-13-11-19(25)12-14-20/h7-14,17,22H,5-6,15-16H2,1-4H3,(H,27,31)/t17-,22+/m1/s1. The molecule has 186 valence electrons. The van der Waals surface area contributed by atoms with Gasteiger partial charge in [0.15, 0.2) is 0 Å². The predicted molar refractivity (Wildman–Crippen MR) is 135 cm³/mol. The van der Waals surface area contributed by atoms with Gasteiger partial charge in [0, 0.05) is 29.7 Å². The van der Waals surface area contributed by atoms with Gasteiger partial charge in [0.05, 0.1) is 11.4 Å². The first kappa shape index (κ1) is 28.1. The number of hydrogen-bond donors (Lipinski definition) is 1. The monoisotopic (exact) mass is 527 g/mol. The van der Waals surface area contributed by atoms with E-state index in [1.165, 1.54) is 36.2 Å². The lowest BCUT2D eigenvalue weighted by Crippen LogP contribution is -2.53.